The predicted molar refractivity (Wildman–Crippen MR) is 136 cm³/mol. The molecular formula is C28H30N4O2. The maximum Gasteiger partial charge on any atom is 0.260 e. The molecule has 0 bridgehead atoms. The van der Waals surface area contributed by atoms with Crippen LogP contribution in [0.3, 0.4) is 0 Å². The standard InChI is InChI=1S/C28H30N4O2/c33-28-26-17-30-16-25(21-7-10-34-11-8-21)24(26)6-9-32(28)18-20-4-5-22-13-23(31-27(22)12-20)15-29-14-19-2-1-3-19/h4-7,9,12-13,16-17,19,29,31H,1-3,8,10-11,14-15,18H2. The first-order chi connectivity index (χ1) is 16.7. The van der Waals surface area contributed by atoms with Crippen molar-refractivity contribution in [2.45, 2.75) is 38.8 Å². The van der Waals surface area contributed by atoms with Gasteiger partial charge in [0.1, 0.15) is 0 Å². The minimum Gasteiger partial charge on any atom is -0.377 e. The van der Waals surface area contributed by atoms with Crippen molar-refractivity contribution < 1.29 is 4.74 Å². The number of hydrogen-bond donors (Lipinski definition) is 2. The van der Waals surface area contributed by atoms with Crippen LogP contribution in [0.1, 0.15) is 42.5 Å². The Hall–Kier alpha value is -3.22. The van der Waals surface area contributed by atoms with Crippen LogP contribution in [0.4, 0.5) is 0 Å². The van der Waals surface area contributed by atoms with Crippen molar-refractivity contribution >= 4 is 27.2 Å². The highest BCUT2D eigenvalue weighted by molar-refractivity contribution is 5.92. The smallest absolute Gasteiger partial charge is 0.260 e. The number of pyridine rings is 2. The zero-order chi connectivity index (χ0) is 22.9. The lowest BCUT2D eigenvalue weighted by Gasteiger charge is -2.25. The molecule has 2 N–H and O–H groups in total. The van der Waals surface area contributed by atoms with Gasteiger partial charge >= 0.3 is 0 Å². The summed E-state index contributed by atoms with van der Waals surface area (Å²) in [7, 11) is 0. The Morgan fingerprint density at radius 2 is 2.09 bits per heavy atom. The van der Waals surface area contributed by atoms with E-state index >= 15 is 0 Å². The molecule has 1 aliphatic carbocycles. The minimum absolute atomic E-state index is 0.00743. The number of H-pyrrole nitrogens is 1. The van der Waals surface area contributed by atoms with Crippen LogP contribution in [0.25, 0.3) is 27.2 Å². The second-order valence-corrected chi connectivity index (χ2v) is 9.60. The second-order valence-electron chi connectivity index (χ2n) is 9.60. The molecule has 34 heavy (non-hydrogen) atoms. The van der Waals surface area contributed by atoms with Crippen LogP contribution >= 0.6 is 0 Å². The molecule has 1 aromatic carbocycles. The van der Waals surface area contributed by atoms with E-state index in [0.29, 0.717) is 25.1 Å². The Balaban J connectivity index is 1.23. The zero-order valence-corrected chi connectivity index (χ0v) is 19.3. The molecule has 1 aliphatic heterocycles. The molecular weight excluding hydrogens is 424 g/mol. The topological polar surface area (TPSA) is 71.9 Å². The van der Waals surface area contributed by atoms with Crippen molar-refractivity contribution in [3.63, 3.8) is 0 Å². The van der Waals surface area contributed by atoms with Crippen LogP contribution in [0.15, 0.2) is 59.8 Å². The average molecular weight is 455 g/mol. The molecule has 4 heterocycles. The van der Waals surface area contributed by atoms with Gasteiger partial charge in [-0.05, 0) is 71.8 Å². The molecule has 6 heteroatoms. The first-order valence-electron chi connectivity index (χ1n) is 12.3. The molecule has 2 aliphatic rings. The largest absolute Gasteiger partial charge is 0.377 e. The molecule has 3 aromatic heterocycles. The van der Waals surface area contributed by atoms with Crippen LogP contribution < -0.4 is 10.9 Å². The van der Waals surface area contributed by atoms with E-state index < -0.39 is 0 Å². The van der Waals surface area contributed by atoms with Crippen molar-refractivity contribution in [3.05, 3.63) is 82.2 Å². The minimum atomic E-state index is -0.00743. The van der Waals surface area contributed by atoms with Crippen LogP contribution in [-0.2, 0) is 17.8 Å². The van der Waals surface area contributed by atoms with Crippen molar-refractivity contribution in [2.75, 3.05) is 19.8 Å². The van der Waals surface area contributed by atoms with Crippen LogP contribution in [0.2, 0.25) is 0 Å². The highest BCUT2D eigenvalue weighted by Gasteiger charge is 2.16. The molecule has 4 aromatic rings. The van der Waals surface area contributed by atoms with Gasteiger partial charge in [-0.15, -0.1) is 0 Å². The number of fused-ring (bicyclic) bond motifs is 2. The summed E-state index contributed by atoms with van der Waals surface area (Å²) in [6.45, 7) is 3.82. The Morgan fingerprint density at radius 1 is 1.15 bits per heavy atom. The molecule has 0 radical (unpaired) electrons. The molecule has 1 fully saturated rings. The number of aromatic amines is 1. The highest BCUT2D eigenvalue weighted by atomic mass is 16.5. The fraction of sp³-hybridized carbons (Fsp3) is 0.357. The third-order valence-corrected chi connectivity index (χ3v) is 7.28. The van der Waals surface area contributed by atoms with E-state index in [4.69, 9.17) is 4.74 Å². The number of benzene rings is 1. The Morgan fingerprint density at radius 3 is 2.91 bits per heavy atom. The summed E-state index contributed by atoms with van der Waals surface area (Å²) in [5.74, 6) is 0.857. The fourth-order valence-electron chi connectivity index (χ4n) is 5.09. The monoisotopic (exact) mass is 454 g/mol. The zero-order valence-electron chi connectivity index (χ0n) is 19.3. The van der Waals surface area contributed by atoms with Crippen molar-refractivity contribution in [1.29, 1.82) is 0 Å². The van der Waals surface area contributed by atoms with Gasteiger partial charge in [-0.3, -0.25) is 9.78 Å². The molecule has 6 nitrogen and oxygen atoms in total. The summed E-state index contributed by atoms with van der Waals surface area (Å²) >= 11 is 0. The summed E-state index contributed by atoms with van der Waals surface area (Å²) in [5, 5.41) is 6.40. The maximum atomic E-state index is 13.3. The van der Waals surface area contributed by atoms with E-state index in [1.165, 1.54) is 35.9 Å². The summed E-state index contributed by atoms with van der Waals surface area (Å²) in [5.41, 5.74) is 5.65. The molecule has 6 rings (SSSR count). The van der Waals surface area contributed by atoms with Crippen LogP contribution in [0.5, 0.6) is 0 Å². The van der Waals surface area contributed by atoms with Gasteiger partial charge in [0.15, 0.2) is 0 Å². The first kappa shape index (κ1) is 21.3. The van der Waals surface area contributed by atoms with E-state index in [1.807, 2.05) is 18.5 Å². The quantitative estimate of drug-likeness (QED) is 0.427. The molecule has 0 amide bonds. The highest BCUT2D eigenvalue weighted by Crippen LogP contribution is 2.27. The van der Waals surface area contributed by atoms with Gasteiger partial charge in [0, 0.05) is 41.9 Å². The number of nitrogens with one attached hydrogen (secondary N) is 2. The van der Waals surface area contributed by atoms with Gasteiger partial charge in [0.05, 0.1) is 25.1 Å². The lowest BCUT2D eigenvalue weighted by atomic mass is 9.85. The van der Waals surface area contributed by atoms with Crippen molar-refractivity contribution in [1.82, 2.24) is 19.9 Å². The van der Waals surface area contributed by atoms with Gasteiger partial charge < -0.3 is 19.6 Å². The molecule has 1 saturated carbocycles. The first-order valence-corrected chi connectivity index (χ1v) is 12.3. The summed E-state index contributed by atoms with van der Waals surface area (Å²) in [6, 6.07) is 10.7. The predicted octanol–water partition coefficient (Wildman–Crippen LogP) is 4.62. The number of ether oxygens (including phenoxy) is 1. The molecule has 0 unspecified atom stereocenters. The number of nitrogens with zero attached hydrogens (tertiary/aromatic N) is 2. The third-order valence-electron chi connectivity index (χ3n) is 7.28. The molecule has 0 atom stereocenters. The average Bonchev–Trinajstić information content (AvgIpc) is 3.25. The Labute approximate surface area is 198 Å². The van der Waals surface area contributed by atoms with E-state index in [1.54, 1.807) is 10.8 Å². The van der Waals surface area contributed by atoms with E-state index in [-0.39, 0.29) is 5.56 Å². The Bertz CT molecular complexity index is 1430. The lowest BCUT2D eigenvalue weighted by molar-refractivity contribution is 0.161. The lowest BCUT2D eigenvalue weighted by Crippen LogP contribution is -2.26. The van der Waals surface area contributed by atoms with Crippen molar-refractivity contribution in [3.8, 4) is 0 Å². The number of hydrogen-bond acceptors (Lipinski definition) is 4. The normalized spacial score (nSPS) is 16.6. The molecule has 0 spiro atoms. The van der Waals surface area contributed by atoms with Gasteiger partial charge in [-0.1, -0.05) is 24.6 Å². The third kappa shape index (κ3) is 4.19. The van der Waals surface area contributed by atoms with Crippen LogP contribution in [0, 0.1) is 5.92 Å². The van der Waals surface area contributed by atoms with Gasteiger partial charge in [0.2, 0.25) is 0 Å². The van der Waals surface area contributed by atoms with E-state index in [0.717, 1.165) is 47.5 Å². The van der Waals surface area contributed by atoms with E-state index in [9.17, 15) is 4.79 Å². The van der Waals surface area contributed by atoms with Gasteiger partial charge in [0.25, 0.3) is 5.56 Å². The summed E-state index contributed by atoms with van der Waals surface area (Å²) < 4.78 is 7.22. The number of rotatable bonds is 7. The van der Waals surface area contributed by atoms with Crippen molar-refractivity contribution in [2.24, 2.45) is 5.92 Å². The number of aromatic nitrogens is 3. The maximum absolute atomic E-state index is 13.3. The second kappa shape index (κ2) is 9.20. The molecule has 0 saturated heterocycles. The van der Waals surface area contributed by atoms with Crippen LogP contribution in [-0.4, -0.2) is 34.3 Å². The fourth-order valence-corrected chi connectivity index (χ4v) is 5.09. The summed E-state index contributed by atoms with van der Waals surface area (Å²) in [6.07, 6.45) is 12.5. The Kier molecular flexibility index (Phi) is 5.77. The van der Waals surface area contributed by atoms with Gasteiger partial charge in [-0.25, -0.2) is 0 Å². The molecule has 174 valence electrons. The van der Waals surface area contributed by atoms with Gasteiger partial charge in [-0.2, -0.15) is 0 Å². The summed E-state index contributed by atoms with van der Waals surface area (Å²) in [4.78, 5) is 21.2. The SMILES string of the molecule is O=c1c2cncc(C3=CCOCC3)c2ccn1Cc1ccc2cc(CNCC3CCC3)[nH]c2c1. The van der Waals surface area contributed by atoms with E-state index in [2.05, 4.69) is 45.6 Å².